The molecule has 0 aromatic heterocycles. The molecule has 4 nitrogen and oxygen atoms in total. The van der Waals surface area contributed by atoms with Crippen molar-refractivity contribution in [3.63, 3.8) is 0 Å². The summed E-state index contributed by atoms with van der Waals surface area (Å²) in [4.78, 5) is 0. The van der Waals surface area contributed by atoms with Crippen LogP contribution in [0, 0.1) is 0 Å². The molecule has 0 bridgehead atoms. The average Bonchev–Trinajstić information content (AvgIpc) is 2.39. The van der Waals surface area contributed by atoms with Gasteiger partial charge in [0, 0.05) is 12.2 Å². The summed E-state index contributed by atoms with van der Waals surface area (Å²) >= 11 is 0. The van der Waals surface area contributed by atoms with E-state index < -0.39 is 13.0 Å². The molecule has 0 aliphatic rings. The summed E-state index contributed by atoms with van der Waals surface area (Å²) < 4.78 is 34.6. The van der Waals surface area contributed by atoms with Crippen LogP contribution in [0.5, 0.6) is 5.75 Å². The van der Waals surface area contributed by atoms with Crippen molar-refractivity contribution in [1.82, 2.24) is 5.43 Å². The maximum atomic E-state index is 12.0. The van der Waals surface area contributed by atoms with Gasteiger partial charge in [-0.25, -0.2) is 8.78 Å². The highest BCUT2D eigenvalue weighted by atomic mass is 19.3. The maximum absolute atomic E-state index is 12.0. The van der Waals surface area contributed by atoms with Gasteiger partial charge in [0.15, 0.2) is 0 Å². The van der Waals surface area contributed by atoms with Gasteiger partial charge in [-0.2, -0.15) is 0 Å². The van der Waals surface area contributed by atoms with Gasteiger partial charge in [0.25, 0.3) is 6.43 Å². The standard InChI is InChI=1S/C14H22F2N2O2/c1-10(2)20-13-6-4-3-5-11(13)12(18-17)7-8-19-9-14(15)16/h3-6,10,12,14,18H,7-9,17H2,1-2H3. The van der Waals surface area contributed by atoms with E-state index in [2.05, 4.69) is 5.43 Å². The Labute approximate surface area is 118 Å². The number of hydrogen-bond acceptors (Lipinski definition) is 4. The number of ether oxygens (including phenoxy) is 2. The molecule has 114 valence electrons. The van der Waals surface area contributed by atoms with Gasteiger partial charge >= 0.3 is 0 Å². The zero-order valence-electron chi connectivity index (χ0n) is 11.8. The van der Waals surface area contributed by atoms with Crippen LogP contribution < -0.4 is 16.0 Å². The van der Waals surface area contributed by atoms with Crippen LogP contribution in [0.3, 0.4) is 0 Å². The lowest BCUT2D eigenvalue weighted by atomic mass is 10.0. The highest BCUT2D eigenvalue weighted by Gasteiger charge is 2.15. The van der Waals surface area contributed by atoms with Crippen LogP contribution >= 0.6 is 0 Å². The minimum atomic E-state index is -2.45. The second-order valence-electron chi connectivity index (χ2n) is 4.68. The molecule has 0 amide bonds. The first-order chi connectivity index (χ1) is 9.54. The van der Waals surface area contributed by atoms with Gasteiger partial charge in [0.1, 0.15) is 12.4 Å². The largest absolute Gasteiger partial charge is 0.491 e. The van der Waals surface area contributed by atoms with Gasteiger partial charge in [0.2, 0.25) is 0 Å². The monoisotopic (exact) mass is 288 g/mol. The molecule has 20 heavy (non-hydrogen) atoms. The van der Waals surface area contributed by atoms with Gasteiger partial charge in [-0.1, -0.05) is 18.2 Å². The Hall–Kier alpha value is -1.24. The number of nitrogens with two attached hydrogens (primary N) is 1. The summed E-state index contributed by atoms with van der Waals surface area (Å²) in [7, 11) is 0. The Bertz CT molecular complexity index is 389. The summed E-state index contributed by atoms with van der Waals surface area (Å²) in [5.74, 6) is 6.27. The predicted molar refractivity (Wildman–Crippen MR) is 73.7 cm³/mol. The molecule has 0 saturated carbocycles. The smallest absolute Gasteiger partial charge is 0.261 e. The van der Waals surface area contributed by atoms with E-state index >= 15 is 0 Å². The van der Waals surface area contributed by atoms with E-state index in [0.29, 0.717) is 6.42 Å². The minimum absolute atomic E-state index is 0.0460. The lowest BCUT2D eigenvalue weighted by Crippen LogP contribution is -2.29. The molecule has 0 fully saturated rings. The molecule has 0 aliphatic heterocycles. The van der Waals surface area contributed by atoms with E-state index in [4.69, 9.17) is 15.3 Å². The van der Waals surface area contributed by atoms with Gasteiger partial charge in [-0.05, 0) is 26.3 Å². The van der Waals surface area contributed by atoms with Gasteiger partial charge < -0.3 is 9.47 Å². The number of halogens is 2. The maximum Gasteiger partial charge on any atom is 0.261 e. The van der Waals surface area contributed by atoms with Gasteiger partial charge in [-0.3, -0.25) is 11.3 Å². The fourth-order valence-electron chi connectivity index (χ4n) is 1.83. The normalized spacial score (nSPS) is 12.9. The van der Waals surface area contributed by atoms with Crippen molar-refractivity contribution in [3.8, 4) is 5.75 Å². The van der Waals surface area contributed by atoms with Crippen molar-refractivity contribution < 1.29 is 18.3 Å². The molecule has 0 heterocycles. The highest BCUT2D eigenvalue weighted by molar-refractivity contribution is 5.36. The number of nitrogens with one attached hydrogen (secondary N) is 1. The second-order valence-corrected chi connectivity index (χ2v) is 4.68. The third-order valence-corrected chi connectivity index (χ3v) is 2.65. The SMILES string of the molecule is CC(C)Oc1ccccc1C(CCOCC(F)F)NN. The molecule has 1 aromatic rings. The molecule has 0 spiro atoms. The molecule has 0 aliphatic carbocycles. The highest BCUT2D eigenvalue weighted by Crippen LogP contribution is 2.27. The van der Waals surface area contributed by atoms with E-state index in [0.717, 1.165) is 11.3 Å². The lowest BCUT2D eigenvalue weighted by molar-refractivity contribution is 0.0143. The molecule has 1 aromatic carbocycles. The Kier molecular flexibility index (Phi) is 7.43. The van der Waals surface area contributed by atoms with Crippen molar-refractivity contribution >= 4 is 0 Å². The van der Waals surface area contributed by atoms with E-state index in [1.54, 1.807) is 0 Å². The van der Waals surface area contributed by atoms with Crippen LogP contribution in [-0.2, 0) is 4.74 Å². The second kappa shape index (κ2) is 8.84. The first-order valence-electron chi connectivity index (χ1n) is 6.62. The van der Waals surface area contributed by atoms with E-state index in [9.17, 15) is 8.78 Å². The predicted octanol–water partition coefficient (Wildman–Crippen LogP) is 2.65. The Morgan fingerprint density at radius 2 is 1.95 bits per heavy atom. The lowest BCUT2D eigenvalue weighted by Gasteiger charge is -2.21. The fraction of sp³-hybridized carbons (Fsp3) is 0.571. The van der Waals surface area contributed by atoms with Crippen LogP contribution in [0.15, 0.2) is 24.3 Å². The average molecular weight is 288 g/mol. The Balaban J connectivity index is 2.64. The van der Waals surface area contributed by atoms with Gasteiger partial charge in [0.05, 0.1) is 12.1 Å². The zero-order chi connectivity index (χ0) is 15.0. The first-order valence-corrected chi connectivity index (χ1v) is 6.62. The Morgan fingerprint density at radius 1 is 1.25 bits per heavy atom. The summed E-state index contributed by atoms with van der Waals surface area (Å²) in [5, 5.41) is 0. The number of alkyl halides is 2. The van der Waals surface area contributed by atoms with Crippen LogP contribution in [0.4, 0.5) is 8.78 Å². The van der Waals surface area contributed by atoms with E-state index in [1.165, 1.54) is 0 Å². The van der Waals surface area contributed by atoms with Crippen LogP contribution in [0.2, 0.25) is 0 Å². The number of hydrogen-bond donors (Lipinski definition) is 2. The van der Waals surface area contributed by atoms with Crippen molar-refractivity contribution in [3.05, 3.63) is 29.8 Å². The summed E-state index contributed by atoms with van der Waals surface area (Å²) in [6.45, 7) is 3.53. The summed E-state index contributed by atoms with van der Waals surface area (Å²) in [6, 6.07) is 7.31. The van der Waals surface area contributed by atoms with Gasteiger partial charge in [-0.15, -0.1) is 0 Å². The molecular weight excluding hydrogens is 266 g/mol. The fourth-order valence-corrected chi connectivity index (χ4v) is 1.83. The van der Waals surface area contributed by atoms with Crippen LogP contribution in [0.1, 0.15) is 31.9 Å². The molecule has 0 saturated heterocycles. The number of benzene rings is 1. The third-order valence-electron chi connectivity index (χ3n) is 2.65. The molecule has 6 heteroatoms. The summed E-state index contributed by atoms with van der Waals surface area (Å²) in [6.07, 6.45) is -1.91. The van der Waals surface area contributed by atoms with E-state index in [1.807, 2.05) is 38.1 Å². The number of rotatable bonds is 9. The number of hydrazine groups is 1. The Morgan fingerprint density at radius 3 is 2.55 bits per heavy atom. The summed E-state index contributed by atoms with van der Waals surface area (Å²) in [5.41, 5.74) is 3.57. The quantitative estimate of drug-likeness (QED) is 0.417. The van der Waals surface area contributed by atoms with Crippen LogP contribution in [-0.4, -0.2) is 25.7 Å². The topological polar surface area (TPSA) is 56.5 Å². The third kappa shape index (κ3) is 5.81. The molecule has 1 unspecified atom stereocenters. The van der Waals surface area contributed by atoms with Crippen molar-refractivity contribution in [2.24, 2.45) is 5.84 Å². The molecule has 1 rings (SSSR count). The number of para-hydroxylation sites is 1. The zero-order valence-corrected chi connectivity index (χ0v) is 11.8. The first kappa shape index (κ1) is 16.8. The van der Waals surface area contributed by atoms with E-state index in [-0.39, 0.29) is 18.8 Å². The van der Waals surface area contributed by atoms with Crippen LogP contribution in [0.25, 0.3) is 0 Å². The molecular formula is C14H22F2N2O2. The molecule has 1 atom stereocenters. The van der Waals surface area contributed by atoms with Crippen molar-refractivity contribution in [2.45, 2.75) is 38.8 Å². The van der Waals surface area contributed by atoms with Crippen molar-refractivity contribution in [1.29, 1.82) is 0 Å². The molecule has 3 N–H and O–H groups in total. The minimum Gasteiger partial charge on any atom is -0.491 e. The molecule has 0 radical (unpaired) electrons. The van der Waals surface area contributed by atoms with Crippen molar-refractivity contribution in [2.75, 3.05) is 13.2 Å².